The average Bonchev–Trinajstić information content (AvgIpc) is 2.91. The van der Waals surface area contributed by atoms with Crippen molar-refractivity contribution in [3.8, 4) is 5.82 Å². The number of nitrogens with zero attached hydrogens (tertiary/aromatic N) is 3. The van der Waals surface area contributed by atoms with E-state index in [-0.39, 0.29) is 5.82 Å². The van der Waals surface area contributed by atoms with Crippen LogP contribution in [0.25, 0.3) is 16.6 Å². The fourth-order valence-corrected chi connectivity index (χ4v) is 2.21. The summed E-state index contributed by atoms with van der Waals surface area (Å²) in [5, 5.41) is 13.6. The largest absolute Gasteiger partial charge is 0.478 e. The highest BCUT2D eigenvalue weighted by Crippen LogP contribution is 2.34. The number of fused-ring (bicyclic) bond motifs is 1. The third kappa shape index (κ3) is 2.18. The SMILES string of the molecule is O=C(O)c1cnn(-c2nccc3ccccc23)c1C(F)(F)F. The predicted molar refractivity (Wildman–Crippen MR) is 70.8 cm³/mol. The Bertz CT molecular complexity index is 866. The van der Waals surface area contributed by atoms with E-state index in [2.05, 4.69) is 10.1 Å². The molecule has 2 heterocycles. The van der Waals surface area contributed by atoms with Gasteiger partial charge in [-0.25, -0.2) is 14.5 Å². The maximum Gasteiger partial charge on any atom is 0.434 e. The molecule has 3 aromatic rings. The van der Waals surface area contributed by atoms with Crippen molar-refractivity contribution in [2.75, 3.05) is 0 Å². The zero-order valence-corrected chi connectivity index (χ0v) is 10.9. The summed E-state index contributed by atoms with van der Waals surface area (Å²) in [6.07, 6.45) is -2.85. The molecule has 22 heavy (non-hydrogen) atoms. The molecule has 0 aliphatic carbocycles. The molecule has 8 heteroatoms. The Labute approximate surface area is 121 Å². The van der Waals surface area contributed by atoms with E-state index in [0.29, 0.717) is 21.7 Å². The first-order chi connectivity index (χ1) is 10.4. The smallest absolute Gasteiger partial charge is 0.434 e. The molecule has 0 aliphatic rings. The molecule has 0 amide bonds. The highest BCUT2D eigenvalue weighted by molar-refractivity contribution is 5.91. The number of hydrogen-bond donors (Lipinski definition) is 1. The summed E-state index contributed by atoms with van der Waals surface area (Å²) in [5.41, 5.74) is -2.27. The average molecular weight is 307 g/mol. The highest BCUT2D eigenvalue weighted by Gasteiger charge is 2.41. The summed E-state index contributed by atoms with van der Waals surface area (Å²) >= 11 is 0. The number of halogens is 3. The first-order valence-corrected chi connectivity index (χ1v) is 6.12. The Morgan fingerprint density at radius 2 is 1.91 bits per heavy atom. The lowest BCUT2D eigenvalue weighted by atomic mass is 10.1. The van der Waals surface area contributed by atoms with Crippen molar-refractivity contribution in [3.05, 3.63) is 54.0 Å². The van der Waals surface area contributed by atoms with Gasteiger partial charge in [0.15, 0.2) is 11.5 Å². The van der Waals surface area contributed by atoms with Crippen molar-refractivity contribution < 1.29 is 23.1 Å². The van der Waals surface area contributed by atoms with Gasteiger partial charge in [0.2, 0.25) is 0 Å². The van der Waals surface area contributed by atoms with E-state index in [9.17, 15) is 18.0 Å². The van der Waals surface area contributed by atoms with Gasteiger partial charge < -0.3 is 5.11 Å². The Morgan fingerprint density at radius 3 is 2.59 bits per heavy atom. The molecule has 1 aromatic carbocycles. The van der Waals surface area contributed by atoms with Crippen molar-refractivity contribution in [1.29, 1.82) is 0 Å². The molecule has 0 radical (unpaired) electrons. The van der Waals surface area contributed by atoms with Crippen LogP contribution in [0.5, 0.6) is 0 Å². The van der Waals surface area contributed by atoms with Gasteiger partial charge in [0.1, 0.15) is 5.56 Å². The molecule has 0 saturated heterocycles. The van der Waals surface area contributed by atoms with Crippen LogP contribution >= 0.6 is 0 Å². The maximum atomic E-state index is 13.2. The van der Waals surface area contributed by atoms with Crippen LogP contribution in [0, 0.1) is 0 Å². The quantitative estimate of drug-likeness (QED) is 0.789. The minimum Gasteiger partial charge on any atom is -0.478 e. The molecule has 5 nitrogen and oxygen atoms in total. The van der Waals surface area contributed by atoms with Gasteiger partial charge in [0.25, 0.3) is 0 Å². The van der Waals surface area contributed by atoms with Gasteiger partial charge in [0.05, 0.1) is 6.20 Å². The normalized spacial score (nSPS) is 11.8. The molecular weight excluding hydrogens is 299 g/mol. The second-order valence-electron chi connectivity index (χ2n) is 4.48. The predicted octanol–water partition coefficient (Wildman–Crippen LogP) is 3.14. The monoisotopic (exact) mass is 307 g/mol. The number of pyridine rings is 1. The number of carboxylic acids is 1. The Hall–Kier alpha value is -2.90. The number of rotatable bonds is 2. The minimum absolute atomic E-state index is 0.0714. The number of alkyl halides is 3. The summed E-state index contributed by atoms with van der Waals surface area (Å²) in [5.74, 6) is -1.77. The highest BCUT2D eigenvalue weighted by atomic mass is 19.4. The van der Waals surface area contributed by atoms with Gasteiger partial charge in [-0.1, -0.05) is 24.3 Å². The fourth-order valence-electron chi connectivity index (χ4n) is 2.21. The van der Waals surface area contributed by atoms with Gasteiger partial charge in [-0.3, -0.25) is 0 Å². The minimum atomic E-state index is -4.87. The van der Waals surface area contributed by atoms with Crippen molar-refractivity contribution >= 4 is 16.7 Å². The van der Waals surface area contributed by atoms with Crippen molar-refractivity contribution in [3.63, 3.8) is 0 Å². The second kappa shape index (κ2) is 4.83. The van der Waals surface area contributed by atoms with Crippen LogP contribution in [0.3, 0.4) is 0 Å². The van der Waals surface area contributed by atoms with Gasteiger partial charge in [-0.15, -0.1) is 0 Å². The maximum absolute atomic E-state index is 13.2. The van der Waals surface area contributed by atoms with Crippen LogP contribution in [0.1, 0.15) is 16.1 Å². The number of aromatic nitrogens is 3. The third-order valence-corrected chi connectivity index (χ3v) is 3.12. The lowest BCUT2D eigenvalue weighted by Gasteiger charge is -2.12. The zero-order valence-electron chi connectivity index (χ0n) is 10.9. The molecule has 1 N–H and O–H groups in total. The molecule has 0 fully saturated rings. The van der Waals surface area contributed by atoms with Crippen molar-refractivity contribution in [2.45, 2.75) is 6.18 Å². The van der Waals surface area contributed by atoms with E-state index in [1.807, 2.05) is 0 Å². The number of aromatic carboxylic acids is 1. The second-order valence-corrected chi connectivity index (χ2v) is 4.48. The molecule has 112 valence electrons. The summed E-state index contributed by atoms with van der Waals surface area (Å²) in [4.78, 5) is 14.9. The van der Waals surface area contributed by atoms with Crippen LogP contribution < -0.4 is 0 Å². The fraction of sp³-hybridized carbons (Fsp3) is 0.0714. The summed E-state index contributed by atoms with van der Waals surface area (Å²) in [6, 6.07) is 8.36. The lowest BCUT2D eigenvalue weighted by Crippen LogP contribution is -2.18. The summed E-state index contributed by atoms with van der Waals surface area (Å²) < 4.78 is 40.2. The molecule has 0 saturated carbocycles. The van der Waals surface area contributed by atoms with Crippen LogP contribution in [0.4, 0.5) is 13.2 Å². The lowest BCUT2D eigenvalue weighted by molar-refractivity contribution is -0.143. The topological polar surface area (TPSA) is 68.0 Å². The molecule has 3 rings (SSSR count). The number of carbonyl (C=O) groups is 1. The van der Waals surface area contributed by atoms with Crippen molar-refractivity contribution in [2.24, 2.45) is 0 Å². The van der Waals surface area contributed by atoms with Crippen LogP contribution in [-0.4, -0.2) is 25.8 Å². The first-order valence-electron chi connectivity index (χ1n) is 6.12. The molecule has 0 unspecified atom stereocenters. The van der Waals surface area contributed by atoms with Gasteiger partial charge in [0, 0.05) is 11.6 Å². The molecule has 0 atom stereocenters. The van der Waals surface area contributed by atoms with E-state index < -0.39 is 23.4 Å². The Kier molecular flexibility index (Phi) is 3.09. The van der Waals surface area contributed by atoms with Crippen LogP contribution in [0.15, 0.2) is 42.7 Å². The number of carboxylic acid groups (broad SMARTS) is 1. The summed E-state index contributed by atoms with van der Waals surface area (Å²) in [6.45, 7) is 0. The van der Waals surface area contributed by atoms with Gasteiger partial charge in [-0.2, -0.15) is 18.3 Å². The van der Waals surface area contributed by atoms with E-state index in [0.717, 1.165) is 0 Å². The number of benzene rings is 1. The molecule has 2 aromatic heterocycles. The zero-order chi connectivity index (χ0) is 15.9. The first kappa shape index (κ1) is 14.1. The van der Waals surface area contributed by atoms with Gasteiger partial charge >= 0.3 is 12.1 Å². The Morgan fingerprint density at radius 1 is 1.18 bits per heavy atom. The van der Waals surface area contributed by atoms with E-state index in [1.165, 1.54) is 6.20 Å². The van der Waals surface area contributed by atoms with Gasteiger partial charge in [-0.05, 0) is 11.5 Å². The third-order valence-electron chi connectivity index (χ3n) is 3.12. The standard InChI is InChI=1S/C14H8F3N3O2/c15-14(16,17)11-10(13(21)22)7-19-20(11)12-9-4-2-1-3-8(9)5-6-18-12/h1-7H,(H,21,22). The Balaban J connectivity index is 2.35. The van der Waals surface area contributed by atoms with E-state index in [4.69, 9.17) is 5.11 Å². The van der Waals surface area contributed by atoms with E-state index in [1.54, 1.807) is 30.3 Å². The molecule has 0 aliphatic heterocycles. The molecular formula is C14H8F3N3O2. The number of hydrogen-bond acceptors (Lipinski definition) is 3. The molecule has 0 spiro atoms. The van der Waals surface area contributed by atoms with Crippen molar-refractivity contribution in [1.82, 2.24) is 14.8 Å². The van der Waals surface area contributed by atoms with E-state index >= 15 is 0 Å². The molecule has 0 bridgehead atoms. The summed E-state index contributed by atoms with van der Waals surface area (Å²) in [7, 11) is 0. The van der Waals surface area contributed by atoms with Crippen LogP contribution in [0.2, 0.25) is 0 Å². The van der Waals surface area contributed by atoms with Crippen LogP contribution in [-0.2, 0) is 6.18 Å².